The highest BCUT2D eigenvalue weighted by atomic mass is 32.2. The first-order chi connectivity index (χ1) is 12.2. The SMILES string of the molecule is Cc1ccc(-c2noc(CCCSc3n[nH]c(C4CC4)n3)n2)cc1F. The average molecular weight is 359 g/mol. The van der Waals surface area contributed by atoms with Gasteiger partial charge in [0.25, 0.3) is 0 Å². The van der Waals surface area contributed by atoms with Gasteiger partial charge in [-0.25, -0.2) is 9.37 Å². The van der Waals surface area contributed by atoms with Crippen molar-refractivity contribution in [2.45, 2.75) is 43.7 Å². The fourth-order valence-electron chi connectivity index (χ4n) is 2.45. The summed E-state index contributed by atoms with van der Waals surface area (Å²) in [7, 11) is 0. The van der Waals surface area contributed by atoms with E-state index < -0.39 is 0 Å². The molecule has 1 fully saturated rings. The van der Waals surface area contributed by atoms with Gasteiger partial charge in [0.15, 0.2) is 0 Å². The molecule has 0 radical (unpaired) electrons. The van der Waals surface area contributed by atoms with E-state index in [1.807, 2.05) is 0 Å². The normalized spacial score (nSPS) is 14.2. The number of nitrogens with one attached hydrogen (secondary N) is 1. The van der Waals surface area contributed by atoms with Gasteiger partial charge in [0.2, 0.25) is 16.9 Å². The van der Waals surface area contributed by atoms with E-state index in [-0.39, 0.29) is 5.82 Å². The molecule has 4 rings (SSSR count). The van der Waals surface area contributed by atoms with Gasteiger partial charge in [0.1, 0.15) is 11.6 Å². The van der Waals surface area contributed by atoms with Crippen LogP contribution in [0.4, 0.5) is 4.39 Å². The van der Waals surface area contributed by atoms with Crippen LogP contribution in [-0.2, 0) is 6.42 Å². The van der Waals surface area contributed by atoms with E-state index >= 15 is 0 Å². The van der Waals surface area contributed by atoms with E-state index in [0.717, 1.165) is 23.2 Å². The smallest absolute Gasteiger partial charge is 0.226 e. The Balaban J connectivity index is 1.28. The molecule has 1 N–H and O–H groups in total. The van der Waals surface area contributed by atoms with Crippen molar-refractivity contribution in [3.63, 3.8) is 0 Å². The summed E-state index contributed by atoms with van der Waals surface area (Å²) in [6.45, 7) is 1.72. The number of H-pyrrole nitrogens is 1. The molecule has 0 saturated heterocycles. The Hall–Kier alpha value is -2.22. The van der Waals surface area contributed by atoms with E-state index in [0.29, 0.717) is 35.2 Å². The Kier molecular flexibility index (Phi) is 4.52. The van der Waals surface area contributed by atoms with E-state index in [4.69, 9.17) is 4.52 Å². The van der Waals surface area contributed by atoms with Crippen LogP contribution in [0.5, 0.6) is 0 Å². The molecule has 1 aliphatic rings. The molecule has 8 heteroatoms. The molecule has 1 saturated carbocycles. The average Bonchev–Trinajstić information content (AvgIpc) is 3.17. The minimum atomic E-state index is -0.266. The summed E-state index contributed by atoms with van der Waals surface area (Å²) >= 11 is 1.62. The van der Waals surface area contributed by atoms with Crippen molar-refractivity contribution in [2.24, 2.45) is 0 Å². The largest absolute Gasteiger partial charge is 0.339 e. The van der Waals surface area contributed by atoms with Crippen LogP contribution in [0, 0.1) is 12.7 Å². The zero-order chi connectivity index (χ0) is 17.2. The lowest BCUT2D eigenvalue weighted by Crippen LogP contribution is -1.90. The number of hydrogen-bond donors (Lipinski definition) is 1. The summed E-state index contributed by atoms with van der Waals surface area (Å²) in [5.41, 5.74) is 1.22. The first-order valence-electron chi connectivity index (χ1n) is 8.33. The molecular weight excluding hydrogens is 341 g/mol. The van der Waals surface area contributed by atoms with Crippen molar-refractivity contribution in [3.05, 3.63) is 41.3 Å². The minimum absolute atomic E-state index is 0.266. The van der Waals surface area contributed by atoms with Gasteiger partial charge >= 0.3 is 0 Å². The van der Waals surface area contributed by atoms with E-state index in [1.165, 1.54) is 18.9 Å². The second kappa shape index (κ2) is 6.95. The maximum absolute atomic E-state index is 13.6. The zero-order valence-corrected chi connectivity index (χ0v) is 14.6. The van der Waals surface area contributed by atoms with Crippen LogP contribution in [0.3, 0.4) is 0 Å². The Morgan fingerprint density at radius 2 is 2.20 bits per heavy atom. The predicted octanol–water partition coefficient (Wildman–Crippen LogP) is 3.90. The number of thioether (sulfide) groups is 1. The molecule has 130 valence electrons. The van der Waals surface area contributed by atoms with Gasteiger partial charge in [-0.3, -0.25) is 5.10 Å². The number of halogens is 1. The maximum Gasteiger partial charge on any atom is 0.226 e. The minimum Gasteiger partial charge on any atom is -0.339 e. The first kappa shape index (κ1) is 16.3. The van der Waals surface area contributed by atoms with Crippen molar-refractivity contribution < 1.29 is 8.91 Å². The molecule has 2 aromatic heterocycles. The van der Waals surface area contributed by atoms with Crippen LogP contribution in [0.1, 0.15) is 42.5 Å². The third-order valence-corrected chi connectivity index (χ3v) is 5.04. The molecule has 1 aliphatic carbocycles. The molecule has 1 aromatic carbocycles. The van der Waals surface area contributed by atoms with Crippen molar-refractivity contribution in [3.8, 4) is 11.4 Å². The van der Waals surface area contributed by atoms with Crippen molar-refractivity contribution in [1.82, 2.24) is 25.3 Å². The van der Waals surface area contributed by atoms with Gasteiger partial charge in [-0.2, -0.15) is 4.98 Å². The second-order valence-electron chi connectivity index (χ2n) is 6.21. The predicted molar refractivity (Wildman–Crippen MR) is 91.8 cm³/mol. The van der Waals surface area contributed by atoms with Crippen molar-refractivity contribution >= 4 is 11.8 Å². The van der Waals surface area contributed by atoms with Crippen LogP contribution < -0.4 is 0 Å². The van der Waals surface area contributed by atoms with Crippen LogP contribution in [-0.4, -0.2) is 31.1 Å². The summed E-state index contributed by atoms with van der Waals surface area (Å²) < 4.78 is 18.9. The standard InChI is InChI=1S/C17H18FN5OS/c1-10-4-5-12(9-13(10)18)16-19-14(24-23-16)3-2-8-25-17-20-15(21-22-17)11-6-7-11/h4-5,9,11H,2-3,6-8H2,1H3,(H,20,21,22). The number of hydrogen-bond acceptors (Lipinski definition) is 6. The third-order valence-electron chi connectivity index (χ3n) is 4.11. The lowest BCUT2D eigenvalue weighted by molar-refractivity contribution is 0.378. The highest BCUT2D eigenvalue weighted by Crippen LogP contribution is 2.38. The van der Waals surface area contributed by atoms with Crippen molar-refractivity contribution in [2.75, 3.05) is 5.75 Å². The maximum atomic E-state index is 13.6. The number of aryl methyl sites for hydroxylation is 2. The van der Waals surface area contributed by atoms with Gasteiger partial charge in [-0.1, -0.05) is 29.1 Å². The Bertz CT molecular complexity index is 874. The molecule has 25 heavy (non-hydrogen) atoms. The number of aromatic nitrogens is 5. The molecule has 0 atom stereocenters. The van der Waals surface area contributed by atoms with Gasteiger partial charge in [-0.15, -0.1) is 5.10 Å². The topological polar surface area (TPSA) is 80.5 Å². The lowest BCUT2D eigenvalue weighted by Gasteiger charge is -1.97. The fraction of sp³-hybridized carbons (Fsp3) is 0.412. The van der Waals surface area contributed by atoms with Crippen molar-refractivity contribution in [1.29, 1.82) is 0 Å². The molecule has 0 aliphatic heterocycles. The quantitative estimate of drug-likeness (QED) is 0.509. The summed E-state index contributed by atoms with van der Waals surface area (Å²) in [6, 6.07) is 4.94. The summed E-state index contributed by atoms with van der Waals surface area (Å²) in [4.78, 5) is 8.83. The zero-order valence-electron chi connectivity index (χ0n) is 13.8. The van der Waals surface area contributed by atoms with Gasteiger partial charge in [0, 0.05) is 23.7 Å². The van der Waals surface area contributed by atoms with Crippen LogP contribution in [0.2, 0.25) is 0 Å². The Morgan fingerprint density at radius 1 is 1.32 bits per heavy atom. The summed E-state index contributed by atoms with van der Waals surface area (Å²) in [6.07, 6.45) is 3.98. The third kappa shape index (κ3) is 3.89. The van der Waals surface area contributed by atoms with Gasteiger partial charge in [0.05, 0.1) is 0 Å². The molecule has 0 bridgehead atoms. The number of aromatic amines is 1. The van der Waals surface area contributed by atoms with E-state index in [9.17, 15) is 4.39 Å². The number of nitrogens with zero attached hydrogens (tertiary/aromatic N) is 4. The lowest BCUT2D eigenvalue weighted by atomic mass is 10.1. The van der Waals surface area contributed by atoms with E-state index in [1.54, 1.807) is 30.8 Å². The Labute approximate surface area is 148 Å². The summed E-state index contributed by atoms with van der Waals surface area (Å²) in [5, 5.41) is 12.0. The summed E-state index contributed by atoms with van der Waals surface area (Å²) in [5.74, 6) is 3.19. The molecular formula is C17H18FN5OS. The Morgan fingerprint density at radius 3 is 3.00 bits per heavy atom. The molecule has 6 nitrogen and oxygen atoms in total. The van der Waals surface area contributed by atoms with Gasteiger partial charge in [-0.05, 0) is 37.8 Å². The van der Waals surface area contributed by atoms with Crippen LogP contribution in [0.25, 0.3) is 11.4 Å². The first-order valence-corrected chi connectivity index (χ1v) is 9.32. The molecule has 0 unspecified atom stereocenters. The fourth-order valence-corrected chi connectivity index (χ4v) is 3.20. The van der Waals surface area contributed by atoms with Gasteiger partial charge < -0.3 is 4.52 Å². The highest BCUT2D eigenvalue weighted by Gasteiger charge is 2.27. The molecule has 0 spiro atoms. The molecule has 3 aromatic rings. The van der Waals surface area contributed by atoms with Crippen LogP contribution in [0.15, 0.2) is 27.9 Å². The number of rotatable bonds is 7. The molecule has 0 amide bonds. The number of benzene rings is 1. The highest BCUT2D eigenvalue weighted by molar-refractivity contribution is 7.99. The van der Waals surface area contributed by atoms with E-state index in [2.05, 4.69) is 25.3 Å². The second-order valence-corrected chi connectivity index (χ2v) is 7.27. The molecule has 2 heterocycles. The monoisotopic (exact) mass is 359 g/mol. The van der Waals surface area contributed by atoms with Crippen LogP contribution >= 0.6 is 11.8 Å².